The van der Waals surface area contributed by atoms with Crippen LogP contribution in [0.5, 0.6) is 5.75 Å². The van der Waals surface area contributed by atoms with Crippen LogP contribution >= 0.6 is 0 Å². The number of aliphatic hydroxyl groups excluding tert-OH is 1. The van der Waals surface area contributed by atoms with Crippen molar-refractivity contribution in [2.45, 2.75) is 44.9 Å². The van der Waals surface area contributed by atoms with Gasteiger partial charge in [-0.25, -0.2) is 0 Å². The van der Waals surface area contributed by atoms with Gasteiger partial charge in [0.25, 0.3) is 5.91 Å². The number of allylic oxidation sites excluding steroid dienone is 1. The largest absolute Gasteiger partial charge is 0.507 e. The monoisotopic (exact) mass is 564 g/mol. The normalized spacial score (nSPS) is 23.4. The molecule has 3 aliphatic rings. The molecule has 8 heteroatoms. The van der Waals surface area contributed by atoms with Crippen molar-refractivity contribution < 1.29 is 29.7 Å². The highest BCUT2D eigenvalue weighted by Gasteiger charge is 2.61. The molecule has 0 aliphatic heterocycles. The van der Waals surface area contributed by atoms with Crippen molar-refractivity contribution in [1.82, 2.24) is 5.32 Å². The minimum absolute atomic E-state index is 0.0924. The third-order valence-corrected chi connectivity index (χ3v) is 8.96. The molecule has 0 aromatic heterocycles. The summed E-state index contributed by atoms with van der Waals surface area (Å²) in [6.45, 7) is 3.05. The molecule has 8 nitrogen and oxygen atoms in total. The molecule has 3 aliphatic carbocycles. The van der Waals surface area contributed by atoms with Crippen molar-refractivity contribution in [2.75, 3.05) is 0 Å². The number of primary amides is 1. The lowest BCUT2D eigenvalue weighted by molar-refractivity contribution is -0.157. The van der Waals surface area contributed by atoms with E-state index in [1.165, 1.54) is 11.6 Å². The molecule has 1 amide bonds. The van der Waals surface area contributed by atoms with Crippen LogP contribution in [0.1, 0.15) is 42.0 Å². The average Bonchev–Trinajstić information content (AvgIpc) is 2.96. The van der Waals surface area contributed by atoms with Crippen LogP contribution in [0.15, 0.2) is 83.4 Å². The zero-order valence-electron chi connectivity index (χ0n) is 23.2. The lowest BCUT2D eigenvalue weighted by atomic mass is 9.57. The minimum atomic E-state index is -2.49. The summed E-state index contributed by atoms with van der Waals surface area (Å²) < 4.78 is 0. The van der Waals surface area contributed by atoms with E-state index in [0.29, 0.717) is 24.1 Å². The lowest BCUT2D eigenvalue weighted by Crippen LogP contribution is -2.61. The summed E-state index contributed by atoms with van der Waals surface area (Å²) in [6.07, 6.45) is 0.740. The van der Waals surface area contributed by atoms with Gasteiger partial charge in [0.15, 0.2) is 5.60 Å². The fourth-order valence-corrected chi connectivity index (χ4v) is 6.90. The van der Waals surface area contributed by atoms with Crippen LogP contribution in [0.25, 0.3) is 16.9 Å². The number of Topliss-reactive ketones (excluding diaryl/α,β-unsaturated/α-hetero) is 2. The molecule has 3 aromatic carbocycles. The summed E-state index contributed by atoms with van der Waals surface area (Å²) in [5, 5.41) is 37.1. The first kappa shape index (κ1) is 27.6. The van der Waals surface area contributed by atoms with E-state index in [0.717, 1.165) is 23.2 Å². The van der Waals surface area contributed by atoms with E-state index >= 15 is 0 Å². The standard InChI is InChI=1S/C34H32N2O6/c1-18-13-23-14-22-15-25-24(21-9-7-20(8-10-21)17-36-16-19-5-3-2-4-6-19)11-12-26(37)29(25)30(38)28(22)32(40)34(23,42)31(39)27(18)33(35)41/h2-12,22-23,36-38,42H,13-17H2,1H3,(H2,35,41)/t22-,23-,34-/m1/s1. The highest BCUT2D eigenvalue weighted by atomic mass is 16.3. The van der Waals surface area contributed by atoms with Crippen LogP contribution in [-0.2, 0) is 33.9 Å². The maximum Gasteiger partial charge on any atom is 0.252 e. The summed E-state index contributed by atoms with van der Waals surface area (Å²) in [7, 11) is 0. The zero-order valence-corrected chi connectivity index (χ0v) is 23.2. The van der Waals surface area contributed by atoms with E-state index < -0.39 is 40.7 Å². The van der Waals surface area contributed by atoms with E-state index in [9.17, 15) is 29.7 Å². The van der Waals surface area contributed by atoms with Crippen molar-refractivity contribution in [3.63, 3.8) is 0 Å². The van der Waals surface area contributed by atoms with Crippen molar-refractivity contribution in [2.24, 2.45) is 17.6 Å². The number of aliphatic hydroxyl groups is 2. The number of phenolic OH excluding ortho intramolecular Hbond substituents is 1. The average molecular weight is 565 g/mol. The Hall–Kier alpha value is -4.53. The van der Waals surface area contributed by atoms with E-state index in [1.54, 1.807) is 13.0 Å². The molecular weight excluding hydrogens is 532 g/mol. The lowest BCUT2D eigenvalue weighted by Gasteiger charge is -2.46. The van der Waals surface area contributed by atoms with Gasteiger partial charge in [-0.3, -0.25) is 14.4 Å². The van der Waals surface area contributed by atoms with Crippen LogP contribution in [0, 0.1) is 11.8 Å². The Kier molecular flexibility index (Phi) is 6.83. The molecule has 0 radical (unpaired) electrons. The molecule has 0 heterocycles. The predicted molar refractivity (Wildman–Crippen MR) is 157 cm³/mol. The van der Waals surface area contributed by atoms with Crippen molar-refractivity contribution >= 4 is 23.2 Å². The molecule has 42 heavy (non-hydrogen) atoms. The zero-order chi connectivity index (χ0) is 29.8. The summed E-state index contributed by atoms with van der Waals surface area (Å²) in [4.78, 5) is 39.0. The number of hydrogen-bond donors (Lipinski definition) is 5. The number of carbonyl (C=O) groups excluding carboxylic acids is 3. The van der Waals surface area contributed by atoms with Crippen LogP contribution in [0.3, 0.4) is 0 Å². The van der Waals surface area contributed by atoms with Gasteiger partial charge < -0.3 is 26.4 Å². The molecule has 0 bridgehead atoms. The molecule has 0 unspecified atom stereocenters. The molecule has 0 saturated heterocycles. The summed E-state index contributed by atoms with van der Waals surface area (Å²) in [6, 6.07) is 21.5. The fraction of sp³-hybridized carbons (Fsp3) is 0.265. The van der Waals surface area contributed by atoms with E-state index in [-0.39, 0.29) is 35.3 Å². The summed E-state index contributed by atoms with van der Waals surface area (Å²) in [5.41, 5.74) is 7.74. The van der Waals surface area contributed by atoms with Gasteiger partial charge in [-0.05, 0) is 66.0 Å². The second-order valence-corrected chi connectivity index (χ2v) is 11.5. The smallest absolute Gasteiger partial charge is 0.252 e. The molecular formula is C34H32N2O6. The fourth-order valence-electron chi connectivity index (χ4n) is 6.90. The first-order valence-electron chi connectivity index (χ1n) is 14.0. The number of fused-ring (bicyclic) bond motifs is 3. The van der Waals surface area contributed by atoms with Crippen molar-refractivity contribution in [3.05, 3.63) is 106 Å². The second kappa shape index (κ2) is 10.4. The predicted octanol–water partition coefficient (Wildman–Crippen LogP) is 3.89. The maximum absolute atomic E-state index is 13.8. The third kappa shape index (κ3) is 4.35. The highest BCUT2D eigenvalue weighted by molar-refractivity contribution is 6.32. The van der Waals surface area contributed by atoms with Crippen LogP contribution < -0.4 is 11.1 Å². The number of benzene rings is 3. The van der Waals surface area contributed by atoms with Gasteiger partial charge in [0, 0.05) is 24.6 Å². The number of aromatic hydroxyl groups is 1. The Morgan fingerprint density at radius 2 is 1.60 bits per heavy atom. The molecule has 1 saturated carbocycles. The quantitative estimate of drug-likeness (QED) is 0.225. The Bertz CT molecular complexity index is 1690. The van der Waals surface area contributed by atoms with Gasteiger partial charge in [-0.1, -0.05) is 66.2 Å². The van der Waals surface area contributed by atoms with Crippen molar-refractivity contribution in [3.8, 4) is 16.9 Å². The Labute approximate surface area is 243 Å². The van der Waals surface area contributed by atoms with Gasteiger partial charge in [0.05, 0.1) is 11.1 Å². The van der Waals surface area contributed by atoms with Gasteiger partial charge in [-0.2, -0.15) is 0 Å². The second-order valence-electron chi connectivity index (χ2n) is 11.5. The van der Waals surface area contributed by atoms with E-state index in [4.69, 9.17) is 5.73 Å². The highest BCUT2D eigenvalue weighted by Crippen LogP contribution is 2.52. The SMILES string of the molecule is CC1=C(C(N)=O)C(=O)[C@@]2(O)C(=O)C3=C(O)c4c(O)ccc(-c5ccc(CNCc6ccccc6)cc5)c4C[C@H]3C[C@H]2C1. The first-order chi connectivity index (χ1) is 20.1. The molecule has 6 rings (SSSR count). The summed E-state index contributed by atoms with van der Waals surface area (Å²) >= 11 is 0. The van der Waals surface area contributed by atoms with Gasteiger partial charge >= 0.3 is 0 Å². The molecule has 214 valence electrons. The van der Waals surface area contributed by atoms with Gasteiger partial charge in [0.1, 0.15) is 11.5 Å². The number of ketones is 2. The first-order valence-corrected chi connectivity index (χ1v) is 14.0. The molecule has 6 N–H and O–H groups in total. The molecule has 1 fully saturated rings. The topological polar surface area (TPSA) is 150 Å². The Morgan fingerprint density at radius 3 is 2.26 bits per heavy atom. The van der Waals surface area contributed by atoms with Gasteiger partial charge in [0.2, 0.25) is 11.6 Å². The Morgan fingerprint density at radius 1 is 0.929 bits per heavy atom. The Balaban J connectivity index is 1.32. The van der Waals surface area contributed by atoms with Crippen LogP contribution in [0.2, 0.25) is 0 Å². The number of carbonyl (C=O) groups is 3. The van der Waals surface area contributed by atoms with Gasteiger partial charge in [-0.15, -0.1) is 0 Å². The number of hydrogen-bond acceptors (Lipinski definition) is 7. The molecule has 0 spiro atoms. The third-order valence-electron chi connectivity index (χ3n) is 8.96. The number of amides is 1. The van der Waals surface area contributed by atoms with E-state index in [2.05, 4.69) is 17.4 Å². The number of phenols is 1. The molecule has 3 atom stereocenters. The number of nitrogens with one attached hydrogen (secondary N) is 1. The maximum atomic E-state index is 13.8. The molecule has 3 aromatic rings. The number of rotatable bonds is 6. The van der Waals surface area contributed by atoms with Crippen LogP contribution in [-0.4, -0.2) is 38.4 Å². The minimum Gasteiger partial charge on any atom is -0.507 e. The number of nitrogens with two attached hydrogens (primary N) is 1. The summed E-state index contributed by atoms with van der Waals surface area (Å²) in [5.74, 6) is -4.83. The van der Waals surface area contributed by atoms with E-state index in [1.807, 2.05) is 42.5 Å². The van der Waals surface area contributed by atoms with Crippen molar-refractivity contribution in [1.29, 1.82) is 0 Å². The van der Waals surface area contributed by atoms with Crippen LogP contribution in [0.4, 0.5) is 0 Å².